The van der Waals surface area contributed by atoms with Crippen LogP contribution in [0.2, 0.25) is 0 Å². The second-order valence-corrected chi connectivity index (χ2v) is 8.30. The summed E-state index contributed by atoms with van der Waals surface area (Å²) in [5.41, 5.74) is 8.75. The van der Waals surface area contributed by atoms with Gasteiger partial charge in [0.1, 0.15) is 7.05 Å². The number of fused-ring (bicyclic) bond motifs is 1. The van der Waals surface area contributed by atoms with Gasteiger partial charge < -0.3 is 0 Å². The molecule has 1 nitrogen and oxygen atoms in total. The van der Waals surface area contributed by atoms with E-state index in [1.165, 1.54) is 35.2 Å². The van der Waals surface area contributed by atoms with Crippen LogP contribution in [0.3, 0.4) is 0 Å². The first-order valence-electron chi connectivity index (χ1n) is 9.50. The van der Waals surface area contributed by atoms with Crippen LogP contribution in [0.25, 0.3) is 11.3 Å². The highest BCUT2D eigenvalue weighted by Gasteiger charge is 2.25. The van der Waals surface area contributed by atoms with Crippen molar-refractivity contribution in [2.24, 2.45) is 13.0 Å². The van der Waals surface area contributed by atoms with Gasteiger partial charge in [0.05, 0.1) is 0 Å². The summed E-state index contributed by atoms with van der Waals surface area (Å²) in [6.07, 6.45) is 6.00. The van der Waals surface area contributed by atoms with Crippen LogP contribution in [0.5, 0.6) is 0 Å². The van der Waals surface area contributed by atoms with Gasteiger partial charge in [-0.2, -0.15) is 0 Å². The molecular weight excluding hydrogens is 290 g/mol. The zero-order valence-corrected chi connectivity index (χ0v) is 16.2. The number of hydrogen-bond acceptors (Lipinski definition) is 0. The molecular formula is C23H32N+. The lowest BCUT2D eigenvalue weighted by Gasteiger charge is -2.28. The number of pyridine rings is 1. The average Bonchev–Trinajstić information content (AvgIpc) is 2.52. The normalized spacial score (nSPS) is 20.3. The van der Waals surface area contributed by atoms with E-state index in [0.717, 1.165) is 6.42 Å². The van der Waals surface area contributed by atoms with Crippen LogP contribution >= 0.6 is 0 Å². The number of aromatic nitrogens is 1. The first kappa shape index (κ1) is 17.2. The quantitative estimate of drug-likeness (QED) is 0.640. The van der Waals surface area contributed by atoms with Gasteiger partial charge in [-0.1, -0.05) is 33.8 Å². The van der Waals surface area contributed by atoms with Crippen molar-refractivity contribution < 1.29 is 4.57 Å². The highest BCUT2D eigenvalue weighted by Crippen LogP contribution is 2.41. The molecule has 0 radical (unpaired) electrons. The molecule has 1 aromatic heterocycles. The van der Waals surface area contributed by atoms with Crippen molar-refractivity contribution in [1.29, 1.82) is 0 Å². The minimum absolute atomic E-state index is 0.680. The molecule has 1 heterocycles. The van der Waals surface area contributed by atoms with Crippen molar-refractivity contribution in [1.82, 2.24) is 0 Å². The van der Waals surface area contributed by atoms with Gasteiger partial charge >= 0.3 is 0 Å². The van der Waals surface area contributed by atoms with E-state index in [-0.39, 0.29) is 0 Å². The number of benzene rings is 1. The lowest BCUT2D eigenvalue weighted by Crippen LogP contribution is -2.31. The summed E-state index contributed by atoms with van der Waals surface area (Å²) >= 11 is 0. The largest absolute Gasteiger partial charge is 0.212 e. The van der Waals surface area contributed by atoms with Gasteiger partial charge in [0.25, 0.3) is 0 Å². The highest BCUT2D eigenvalue weighted by atomic mass is 14.9. The van der Waals surface area contributed by atoms with E-state index in [0.29, 0.717) is 17.8 Å². The zero-order valence-electron chi connectivity index (χ0n) is 16.2. The first-order chi connectivity index (χ1) is 11.4. The van der Waals surface area contributed by atoms with Crippen LogP contribution < -0.4 is 4.57 Å². The van der Waals surface area contributed by atoms with Crippen LogP contribution in [-0.4, -0.2) is 0 Å². The summed E-state index contributed by atoms with van der Waals surface area (Å²) < 4.78 is 2.27. The molecule has 1 aliphatic carbocycles. The van der Waals surface area contributed by atoms with Crippen molar-refractivity contribution >= 4 is 0 Å². The van der Waals surface area contributed by atoms with Crippen molar-refractivity contribution in [2.75, 3.05) is 0 Å². The predicted molar refractivity (Wildman–Crippen MR) is 102 cm³/mol. The monoisotopic (exact) mass is 322 g/mol. The topological polar surface area (TPSA) is 3.88 Å². The standard InChI is InChI=1S/C23H32N/c1-15(2)11-19-9-10-24(6)23(13-19)22-14-21-17(4)8-7-16(3)20(21)12-18(22)5/h9-10,12-17H,7-8,11H2,1-6H3/q+1. The van der Waals surface area contributed by atoms with E-state index in [4.69, 9.17) is 0 Å². The van der Waals surface area contributed by atoms with Gasteiger partial charge in [-0.05, 0) is 72.3 Å². The second-order valence-electron chi connectivity index (χ2n) is 8.30. The summed E-state index contributed by atoms with van der Waals surface area (Å²) in [7, 11) is 2.17. The second kappa shape index (κ2) is 6.70. The molecule has 2 unspecified atom stereocenters. The highest BCUT2D eigenvalue weighted by molar-refractivity contribution is 5.65. The van der Waals surface area contributed by atoms with Crippen molar-refractivity contribution in [3.8, 4) is 11.3 Å². The molecule has 128 valence electrons. The van der Waals surface area contributed by atoms with E-state index < -0.39 is 0 Å². The average molecular weight is 323 g/mol. The van der Waals surface area contributed by atoms with Crippen molar-refractivity contribution in [2.45, 2.75) is 65.7 Å². The fraction of sp³-hybridized carbons (Fsp3) is 0.522. The maximum absolute atomic E-state index is 2.49. The Morgan fingerprint density at radius 3 is 2.29 bits per heavy atom. The van der Waals surface area contributed by atoms with Gasteiger partial charge in [0, 0.05) is 17.7 Å². The maximum Gasteiger partial charge on any atom is 0.212 e. The van der Waals surface area contributed by atoms with E-state index in [1.54, 1.807) is 11.1 Å². The summed E-state index contributed by atoms with van der Waals surface area (Å²) in [5, 5.41) is 0. The third kappa shape index (κ3) is 3.27. The number of aryl methyl sites for hydroxylation is 2. The van der Waals surface area contributed by atoms with Gasteiger partial charge in [-0.25, -0.2) is 4.57 Å². The zero-order chi connectivity index (χ0) is 17.4. The smallest absolute Gasteiger partial charge is 0.201 e. The Bertz CT molecular complexity index is 742. The Balaban J connectivity index is 2.11. The first-order valence-corrected chi connectivity index (χ1v) is 9.50. The van der Waals surface area contributed by atoms with Gasteiger partial charge in [0.15, 0.2) is 6.20 Å². The summed E-state index contributed by atoms with van der Waals surface area (Å²) in [6.45, 7) is 11.6. The van der Waals surface area contributed by atoms with E-state index >= 15 is 0 Å². The van der Waals surface area contributed by atoms with Crippen LogP contribution in [0.15, 0.2) is 30.5 Å². The summed E-state index contributed by atoms with van der Waals surface area (Å²) in [4.78, 5) is 0. The number of hydrogen-bond donors (Lipinski definition) is 0. The van der Waals surface area contributed by atoms with E-state index in [9.17, 15) is 0 Å². The lowest BCUT2D eigenvalue weighted by atomic mass is 9.76. The fourth-order valence-electron chi connectivity index (χ4n) is 4.17. The molecule has 0 amide bonds. The Hall–Kier alpha value is -1.63. The SMILES string of the molecule is Cc1cc2c(cc1-c1cc(CC(C)C)cc[n+]1C)C(C)CCC2C. The third-order valence-corrected chi connectivity index (χ3v) is 5.66. The van der Waals surface area contributed by atoms with Crippen LogP contribution in [0.4, 0.5) is 0 Å². The molecule has 1 aromatic carbocycles. The van der Waals surface area contributed by atoms with Gasteiger partial charge in [0.2, 0.25) is 5.69 Å². The number of rotatable bonds is 3. The molecule has 2 aromatic rings. The molecule has 0 N–H and O–H groups in total. The third-order valence-electron chi connectivity index (χ3n) is 5.66. The van der Waals surface area contributed by atoms with Crippen molar-refractivity contribution in [3.63, 3.8) is 0 Å². The van der Waals surface area contributed by atoms with Crippen LogP contribution in [-0.2, 0) is 13.5 Å². The van der Waals surface area contributed by atoms with Crippen LogP contribution in [0.1, 0.15) is 74.6 Å². The predicted octanol–water partition coefficient (Wildman–Crippen LogP) is 5.69. The Kier molecular flexibility index (Phi) is 4.80. The van der Waals surface area contributed by atoms with Crippen LogP contribution in [0, 0.1) is 12.8 Å². The molecule has 0 spiro atoms. The Morgan fingerprint density at radius 2 is 1.67 bits per heavy atom. The Morgan fingerprint density at radius 1 is 1.04 bits per heavy atom. The van der Waals surface area contributed by atoms with E-state index in [1.807, 2.05) is 0 Å². The number of nitrogens with zero attached hydrogens (tertiary/aromatic N) is 1. The molecule has 3 rings (SSSR count). The fourth-order valence-corrected chi connectivity index (χ4v) is 4.17. The minimum Gasteiger partial charge on any atom is -0.201 e. The van der Waals surface area contributed by atoms with Crippen molar-refractivity contribution in [3.05, 3.63) is 52.7 Å². The van der Waals surface area contributed by atoms with E-state index in [2.05, 4.69) is 76.7 Å². The maximum atomic E-state index is 2.49. The molecule has 0 saturated heterocycles. The molecule has 1 heteroatoms. The molecule has 0 fully saturated rings. The molecule has 0 bridgehead atoms. The molecule has 0 aliphatic heterocycles. The summed E-state index contributed by atoms with van der Waals surface area (Å²) in [5.74, 6) is 2.07. The molecule has 1 aliphatic rings. The Labute approximate surface area is 147 Å². The lowest BCUT2D eigenvalue weighted by molar-refractivity contribution is -0.660. The molecule has 24 heavy (non-hydrogen) atoms. The summed E-state index contributed by atoms with van der Waals surface area (Å²) in [6, 6.07) is 9.60. The molecule has 0 saturated carbocycles. The minimum atomic E-state index is 0.680. The van der Waals surface area contributed by atoms with Gasteiger partial charge in [-0.15, -0.1) is 0 Å². The molecule has 2 atom stereocenters. The van der Waals surface area contributed by atoms with Gasteiger partial charge in [-0.3, -0.25) is 0 Å².